The minimum atomic E-state index is -0.931. The standard InChI is InChI=1S/C18H36N4O2/c1-5-9-11-15(7-3)13-22(18(24)21-20-17(19)23)14-16(8-4)12-10-6-2/h15-16H,5-14H2,1-4H3,(H2,19,23). The van der Waals surface area contributed by atoms with Crippen LogP contribution in [0.2, 0.25) is 0 Å². The number of hydrogen-bond donors (Lipinski definition) is 1. The summed E-state index contributed by atoms with van der Waals surface area (Å²) < 4.78 is 0. The maximum atomic E-state index is 12.4. The Morgan fingerprint density at radius 3 is 1.67 bits per heavy atom. The first-order valence-corrected chi connectivity index (χ1v) is 9.48. The van der Waals surface area contributed by atoms with Crippen LogP contribution in [0.15, 0.2) is 10.2 Å². The van der Waals surface area contributed by atoms with Crippen LogP contribution in [-0.2, 0) is 0 Å². The lowest BCUT2D eigenvalue weighted by atomic mass is 9.96. The largest absolute Gasteiger partial charge is 0.362 e. The summed E-state index contributed by atoms with van der Waals surface area (Å²) in [6.45, 7) is 10.0. The first kappa shape index (κ1) is 22.5. The Bertz CT molecular complexity index is 367. The molecule has 0 saturated carbocycles. The lowest BCUT2D eigenvalue weighted by Gasteiger charge is -2.29. The number of nitrogens with two attached hydrogens (primary N) is 1. The van der Waals surface area contributed by atoms with Gasteiger partial charge in [-0.15, -0.1) is 0 Å². The number of rotatable bonds is 12. The number of hydrogen-bond acceptors (Lipinski definition) is 2. The summed E-state index contributed by atoms with van der Waals surface area (Å²) in [5, 5.41) is 6.71. The van der Waals surface area contributed by atoms with Gasteiger partial charge in [0.2, 0.25) is 0 Å². The van der Waals surface area contributed by atoms with E-state index >= 15 is 0 Å². The van der Waals surface area contributed by atoms with Crippen LogP contribution in [-0.4, -0.2) is 30.1 Å². The minimum Gasteiger partial charge on any atom is -0.348 e. The molecule has 6 nitrogen and oxygen atoms in total. The van der Waals surface area contributed by atoms with Crippen LogP contribution in [0.5, 0.6) is 0 Å². The van der Waals surface area contributed by atoms with Crippen LogP contribution in [0.3, 0.4) is 0 Å². The molecule has 0 saturated heterocycles. The van der Waals surface area contributed by atoms with E-state index in [1.165, 1.54) is 0 Å². The molecule has 0 heterocycles. The third kappa shape index (κ3) is 10.3. The van der Waals surface area contributed by atoms with Crippen LogP contribution in [0.25, 0.3) is 0 Å². The van der Waals surface area contributed by atoms with Crippen molar-refractivity contribution >= 4 is 12.1 Å². The zero-order chi connectivity index (χ0) is 18.4. The quantitative estimate of drug-likeness (QED) is 0.484. The van der Waals surface area contributed by atoms with Crippen molar-refractivity contribution in [2.75, 3.05) is 13.1 Å². The van der Waals surface area contributed by atoms with Crippen molar-refractivity contribution in [2.45, 2.75) is 79.1 Å². The summed E-state index contributed by atoms with van der Waals surface area (Å²) in [5.74, 6) is 0.919. The highest BCUT2D eigenvalue weighted by Crippen LogP contribution is 2.19. The second-order valence-corrected chi connectivity index (χ2v) is 6.56. The van der Waals surface area contributed by atoms with Crippen LogP contribution >= 0.6 is 0 Å². The van der Waals surface area contributed by atoms with Gasteiger partial charge in [-0.2, -0.15) is 0 Å². The zero-order valence-electron chi connectivity index (χ0n) is 16.0. The third-order valence-corrected chi connectivity index (χ3v) is 4.55. The first-order valence-electron chi connectivity index (χ1n) is 9.48. The lowest BCUT2D eigenvalue weighted by Crippen LogP contribution is -2.37. The van der Waals surface area contributed by atoms with Gasteiger partial charge >= 0.3 is 12.1 Å². The number of carbonyl (C=O) groups excluding carboxylic acids is 2. The predicted octanol–water partition coefficient (Wildman–Crippen LogP) is 5.37. The van der Waals surface area contributed by atoms with Crippen molar-refractivity contribution in [3.8, 4) is 0 Å². The molecular weight excluding hydrogens is 304 g/mol. The summed E-state index contributed by atoms with van der Waals surface area (Å²) in [4.78, 5) is 24.9. The van der Waals surface area contributed by atoms with E-state index in [4.69, 9.17) is 5.73 Å². The van der Waals surface area contributed by atoms with Gasteiger partial charge in [0.05, 0.1) is 0 Å². The molecule has 0 radical (unpaired) electrons. The molecule has 2 unspecified atom stereocenters. The van der Waals surface area contributed by atoms with E-state index in [-0.39, 0.29) is 0 Å². The van der Waals surface area contributed by atoms with Crippen LogP contribution in [0, 0.1) is 11.8 Å². The molecular formula is C18H36N4O2. The summed E-state index contributed by atoms with van der Waals surface area (Å²) in [5.41, 5.74) is 4.96. The van der Waals surface area contributed by atoms with E-state index in [1.54, 1.807) is 4.90 Å². The molecule has 0 aromatic carbocycles. The average molecular weight is 341 g/mol. The topological polar surface area (TPSA) is 88.1 Å². The maximum Gasteiger partial charge on any atom is 0.362 e. The molecule has 0 bridgehead atoms. The summed E-state index contributed by atoms with van der Waals surface area (Å²) in [7, 11) is 0. The molecule has 0 aliphatic heterocycles. The van der Waals surface area contributed by atoms with Crippen LogP contribution < -0.4 is 5.73 Å². The molecule has 0 spiro atoms. The summed E-state index contributed by atoms with van der Waals surface area (Å²) in [6.07, 6.45) is 8.91. The number of carbonyl (C=O) groups is 2. The second kappa shape index (κ2) is 13.9. The molecule has 4 amide bonds. The highest BCUT2D eigenvalue weighted by Gasteiger charge is 2.21. The van der Waals surface area contributed by atoms with Crippen molar-refractivity contribution in [1.82, 2.24) is 4.90 Å². The lowest BCUT2D eigenvalue weighted by molar-refractivity contribution is 0.176. The number of primary amides is 1. The number of urea groups is 2. The zero-order valence-corrected chi connectivity index (χ0v) is 16.0. The number of nitrogens with zero attached hydrogens (tertiary/aromatic N) is 3. The third-order valence-electron chi connectivity index (χ3n) is 4.55. The SMILES string of the molecule is CCCCC(CC)CN(CC(CC)CCCC)C(=O)N=NC(N)=O. The van der Waals surface area contributed by atoms with Crippen molar-refractivity contribution in [1.29, 1.82) is 0 Å². The molecule has 0 fully saturated rings. The van der Waals surface area contributed by atoms with E-state index in [0.29, 0.717) is 24.9 Å². The predicted molar refractivity (Wildman–Crippen MR) is 98.0 cm³/mol. The van der Waals surface area contributed by atoms with E-state index in [9.17, 15) is 9.59 Å². The van der Waals surface area contributed by atoms with Gasteiger partial charge in [-0.05, 0) is 24.7 Å². The van der Waals surface area contributed by atoms with Crippen molar-refractivity contribution in [2.24, 2.45) is 27.8 Å². The highest BCUT2D eigenvalue weighted by atomic mass is 16.2. The van der Waals surface area contributed by atoms with Crippen molar-refractivity contribution in [3.05, 3.63) is 0 Å². The average Bonchev–Trinajstić information content (AvgIpc) is 2.58. The molecule has 0 aliphatic carbocycles. The van der Waals surface area contributed by atoms with E-state index in [2.05, 4.69) is 37.9 Å². The molecule has 0 rings (SSSR count). The minimum absolute atomic E-state index is 0.446. The first-order chi connectivity index (χ1) is 11.5. The fraction of sp³-hybridized carbons (Fsp3) is 0.889. The molecule has 2 atom stereocenters. The van der Waals surface area contributed by atoms with Gasteiger partial charge < -0.3 is 10.6 Å². The Morgan fingerprint density at radius 1 is 0.875 bits per heavy atom. The Hall–Kier alpha value is -1.46. The highest BCUT2D eigenvalue weighted by molar-refractivity contribution is 5.78. The molecule has 24 heavy (non-hydrogen) atoms. The Balaban J connectivity index is 4.97. The van der Waals surface area contributed by atoms with Crippen molar-refractivity contribution in [3.63, 3.8) is 0 Å². The van der Waals surface area contributed by atoms with E-state index in [0.717, 1.165) is 51.4 Å². The fourth-order valence-corrected chi connectivity index (χ4v) is 2.84. The monoisotopic (exact) mass is 340 g/mol. The smallest absolute Gasteiger partial charge is 0.348 e. The number of azo groups is 1. The van der Waals surface area contributed by atoms with Gasteiger partial charge in [-0.3, -0.25) is 0 Å². The van der Waals surface area contributed by atoms with Gasteiger partial charge in [-0.25, -0.2) is 9.59 Å². The number of amides is 4. The van der Waals surface area contributed by atoms with E-state index in [1.807, 2.05) is 0 Å². The van der Waals surface area contributed by atoms with Gasteiger partial charge in [0, 0.05) is 13.1 Å². The van der Waals surface area contributed by atoms with Gasteiger partial charge in [0.1, 0.15) is 0 Å². The Labute approximate surface area is 147 Å². The van der Waals surface area contributed by atoms with Crippen LogP contribution in [0.1, 0.15) is 79.1 Å². The molecule has 140 valence electrons. The number of unbranched alkanes of at least 4 members (excludes halogenated alkanes) is 2. The normalized spacial score (nSPS) is 13.8. The summed E-state index contributed by atoms with van der Waals surface area (Å²) >= 11 is 0. The van der Waals surface area contributed by atoms with Gasteiger partial charge in [0.15, 0.2) is 0 Å². The van der Waals surface area contributed by atoms with Crippen molar-refractivity contribution < 1.29 is 9.59 Å². The molecule has 2 N–H and O–H groups in total. The molecule has 0 aromatic heterocycles. The molecule has 0 aromatic rings. The Kier molecular flexibility index (Phi) is 13.1. The summed E-state index contributed by atoms with van der Waals surface area (Å²) in [6, 6.07) is -1.38. The molecule has 0 aliphatic rings. The molecule has 6 heteroatoms. The fourth-order valence-electron chi connectivity index (χ4n) is 2.84. The van der Waals surface area contributed by atoms with Gasteiger partial charge in [-0.1, -0.05) is 76.4 Å². The maximum absolute atomic E-state index is 12.4. The van der Waals surface area contributed by atoms with Crippen LogP contribution in [0.4, 0.5) is 9.59 Å². The van der Waals surface area contributed by atoms with Gasteiger partial charge in [0.25, 0.3) is 0 Å². The second-order valence-electron chi connectivity index (χ2n) is 6.56. The van der Waals surface area contributed by atoms with E-state index < -0.39 is 12.1 Å². The Morgan fingerprint density at radius 2 is 1.33 bits per heavy atom.